The van der Waals surface area contributed by atoms with Crippen LogP contribution >= 0.6 is 43.5 Å². The number of benzene rings is 4. The Kier molecular flexibility index (Phi) is 10.0. The number of carbonyl (C=O) groups is 2. The highest BCUT2D eigenvalue weighted by Gasteiger charge is 2.23. The molecule has 1 heterocycles. The van der Waals surface area contributed by atoms with Gasteiger partial charge in [0, 0.05) is 37.1 Å². The third kappa shape index (κ3) is 6.62. The molecule has 5 rings (SSSR count). The highest BCUT2D eigenvalue weighted by Crippen LogP contribution is 2.40. The molecule has 0 spiro atoms. The summed E-state index contributed by atoms with van der Waals surface area (Å²) in [6.45, 7) is 3.98. The van der Waals surface area contributed by atoms with Crippen LogP contribution < -0.4 is 24.4 Å². The molecular formula is C34H28Br2ClN3O6. The lowest BCUT2D eigenvalue weighted by Crippen LogP contribution is -2.19. The van der Waals surface area contributed by atoms with Crippen molar-refractivity contribution >= 4 is 72.5 Å². The van der Waals surface area contributed by atoms with E-state index in [0.29, 0.717) is 53.6 Å². The molecule has 0 atom stereocenters. The molecule has 0 saturated heterocycles. The van der Waals surface area contributed by atoms with E-state index in [1.165, 1.54) is 39.7 Å². The molecule has 2 N–H and O–H groups in total. The molecule has 12 heteroatoms. The number of aromatic nitrogens is 1. The number of hydrogen-bond donors (Lipinski definition) is 2. The Morgan fingerprint density at radius 1 is 0.913 bits per heavy atom. The number of hydrogen-bond acceptors (Lipinski definition) is 7. The molecule has 1 aromatic heterocycles. The number of methoxy groups -OCH3 is 3. The summed E-state index contributed by atoms with van der Waals surface area (Å²) in [6.07, 6.45) is 1.39. The molecule has 0 bridgehead atoms. The topological polar surface area (TPSA) is 111 Å². The molecule has 5 aromatic rings. The minimum absolute atomic E-state index is 0.164. The predicted octanol–water partition coefficient (Wildman–Crippen LogP) is 8.64. The van der Waals surface area contributed by atoms with Crippen LogP contribution in [0, 0.1) is 13.8 Å². The third-order valence-electron chi connectivity index (χ3n) is 7.12. The maximum Gasteiger partial charge on any atom is 0.343 e. The number of rotatable bonds is 9. The first-order chi connectivity index (χ1) is 22.1. The van der Waals surface area contributed by atoms with E-state index in [-0.39, 0.29) is 11.3 Å². The Morgan fingerprint density at radius 3 is 2.26 bits per heavy atom. The van der Waals surface area contributed by atoms with Gasteiger partial charge in [0.1, 0.15) is 5.69 Å². The first kappa shape index (κ1) is 33.1. The first-order valence-electron chi connectivity index (χ1n) is 13.8. The zero-order chi connectivity index (χ0) is 33.1. The Bertz CT molecular complexity index is 2000. The average molecular weight is 770 g/mol. The van der Waals surface area contributed by atoms with Crippen LogP contribution in [-0.2, 0) is 0 Å². The van der Waals surface area contributed by atoms with E-state index in [1.807, 2.05) is 44.2 Å². The van der Waals surface area contributed by atoms with Crippen LogP contribution in [0.1, 0.15) is 37.5 Å². The summed E-state index contributed by atoms with van der Waals surface area (Å²) in [7, 11) is 4.38. The third-order valence-corrected chi connectivity index (χ3v) is 8.50. The second kappa shape index (κ2) is 14.0. The van der Waals surface area contributed by atoms with Crippen LogP contribution in [0.2, 0.25) is 5.02 Å². The molecule has 0 radical (unpaired) electrons. The number of aromatic amines is 1. The first-order valence-corrected chi connectivity index (χ1v) is 15.7. The molecule has 0 unspecified atom stereocenters. The summed E-state index contributed by atoms with van der Waals surface area (Å²) >= 11 is 13.5. The molecular weight excluding hydrogens is 742 g/mol. The van der Waals surface area contributed by atoms with Gasteiger partial charge in [-0.25, -0.2) is 10.2 Å². The van der Waals surface area contributed by atoms with Crippen molar-refractivity contribution in [2.45, 2.75) is 13.8 Å². The van der Waals surface area contributed by atoms with E-state index < -0.39 is 11.9 Å². The molecule has 236 valence electrons. The minimum Gasteiger partial charge on any atom is -0.493 e. The number of carbonyl (C=O) groups excluding carboxylic acids is 2. The monoisotopic (exact) mass is 767 g/mol. The van der Waals surface area contributed by atoms with E-state index in [9.17, 15) is 9.59 Å². The van der Waals surface area contributed by atoms with Crippen molar-refractivity contribution in [2.24, 2.45) is 5.10 Å². The number of esters is 1. The largest absolute Gasteiger partial charge is 0.493 e. The van der Waals surface area contributed by atoms with Gasteiger partial charge in [-0.3, -0.25) is 4.79 Å². The Balaban J connectivity index is 1.47. The van der Waals surface area contributed by atoms with Crippen LogP contribution in [0.15, 0.2) is 74.7 Å². The second-order valence-electron chi connectivity index (χ2n) is 10.2. The van der Waals surface area contributed by atoms with Crippen LogP contribution in [0.5, 0.6) is 23.0 Å². The molecule has 46 heavy (non-hydrogen) atoms. The fraction of sp³-hybridized carbons (Fsp3) is 0.147. The number of aryl methyl sites for hydroxylation is 2. The average Bonchev–Trinajstić information content (AvgIpc) is 3.41. The lowest BCUT2D eigenvalue weighted by molar-refractivity contribution is 0.0732. The van der Waals surface area contributed by atoms with Gasteiger partial charge in [-0.15, -0.1) is 0 Å². The van der Waals surface area contributed by atoms with Gasteiger partial charge in [-0.2, -0.15) is 5.10 Å². The lowest BCUT2D eigenvalue weighted by atomic mass is 9.99. The Morgan fingerprint density at radius 2 is 1.61 bits per heavy atom. The predicted molar refractivity (Wildman–Crippen MR) is 186 cm³/mol. The number of halogens is 3. The molecule has 4 aromatic carbocycles. The highest BCUT2D eigenvalue weighted by atomic mass is 79.9. The quantitative estimate of drug-likeness (QED) is 0.0673. The van der Waals surface area contributed by atoms with Crippen LogP contribution in [0.25, 0.3) is 22.0 Å². The van der Waals surface area contributed by atoms with Crippen LogP contribution in [0.4, 0.5) is 0 Å². The van der Waals surface area contributed by atoms with Crippen molar-refractivity contribution in [3.8, 4) is 34.1 Å². The van der Waals surface area contributed by atoms with E-state index >= 15 is 0 Å². The number of H-pyrrole nitrogens is 1. The van der Waals surface area contributed by atoms with Crippen LogP contribution in [0.3, 0.4) is 0 Å². The van der Waals surface area contributed by atoms with Gasteiger partial charge in [0.2, 0.25) is 5.75 Å². The van der Waals surface area contributed by atoms with E-state index in [1.54, 1.807) is 18.2 Å². The van der Waals surface area contributed by atoms with Gasteiger partial charge < -0.3 is 23.9 Å². The molecule has 0 aliphatic rings. The highest BCUT2D eigenvalue weighted by molar-refractivity contribution is 9.11. The smallest absolute Gasteiger partial charge is 0.343 e. The van der Waals surface area contributed by atoms with E-state index in [4.69, 9.17) is 30.5 Å². The minimum atomic E-state index is -0.686. The second-order valence-corrected chi connectivity index (χ2v) is 12.3. The number of fused-ring (bicyclic) bond motifs is 1. The fourth-order valence-electron chi connectivity index (χ4n) is 5.12. The van der Waals surface area contributed by atoms with E-state index in [0.717, 1.165) is 22.0 Å². The number of nitrogens with one attached hydrogen (secondary N) is 2. The fourth-order valence-corrected chi connectivity index (χ4v) is 6.69. The molecule has 0 aliphatic carbocycles. The summed E-state index contributed by atoms with van der Waals surface area (Å²) < 4.78 is 23.0. The number of ether oxygens (including phenoxy) is 4. The number of hydrazone groups is 1. The van der Waals surface area contributed by atoms with E-state index in [2.05, 4.69) is 47.4 Å². The van der Waals surface area contributed by atoms with Gasteiger partial charge in [-0.05, 0) is 71.7 Å². The zero-order valence-corrected chi connectivity index (χ0v) is 29.3. The summed E-state index contributed by atoms with van der Waals surface area (Å²) in [5, 5.41) is 5.60. The van der Waals surface area contributed by atoms with Gasteiger partial charge >= 0.3 is 5.97 Å². The van der Waals surface area contributed by atoms with Crippen LogP contribution in [-0.4, -0.2) is 44.4 Å². The van der Waals surface area contributed by atoms with Crippen molar-refractivity contribution in [3.05, 3.63) is 103 Å². The lowest BCUT2D eigenvalue weighted by Gasteiger charge is -2.15. The molecule has 0 aliphatic heterocycles. The Labute approximate surface area is 287 Å². The number of amides is 1. The number of nitrogens with zero attached hydrogens (tertiary/aromatic N) is 1. The SMILES string of the molecule is COc1cc(C(=O)Oc2c(Br)cc(Br)cc2C=NNC(=O)c2[nH]c3c(C)cc(C)cc3c2-c2ccccc2Cl)cc(OC)c1OC. The summed E-state index contributed by atoms with van der Waals surface area (Å²) in [5.41, 5.74) is 7.72. The van der Waals surface area contributed by atoms with Gasteiger partial charge in [0.25, 0.3) is 5.91 Å². The van der Waals surface area contributed by atoms with Crippen molar-refractivity contribution in [1.82, 2.24) is 10.4 Å². The van der Waals surface area contributed by atoms with Gasteiger partial charge in [0.05, 0.1) is 37.6 Å². The summed E-state index contributed by atoms with van der Waals surface area (Å²) in [6, 6.07) is 17.8. The zero-order valence-electron chi connectivity index (χ0n) is 25.4. The maximum absolute atomic E-state index is 13.6. The summed E-state index contributed by atoms with van der Waals surface area (Å²) in [5.74, 6) is -0.0573. The molecule has 9 nitrogen and oxygen atoms in total. The normalized spacial score (nSPS) is 11.1. The Hall–Kier alpha value is -4.32. The van der Waals surface area contributed by atoms with Crippen molar-refractivity contribution in [1.29, 1.82) is 0 Å². The van der Waals surface area contributed by atoms with Gasteiger partial charge in [0.15, 0.2) is 17.2 Å². The maximum atomic E-state index is 13.6. The summed E-state index contributed by atoms with van der Waals surface area (Å²) in [4.78, 5) is 30.2. The standard InChI is InChI=1S/C34H28Br2ClN3O6/c1-17-10-18(2)29-23(11-17)28(22-8-6-7-9-25(22)37)30(39-29)33(41)40-38-16-20-12-21(35)15-24(36)31(20)46-34(42)19-13-26(43-3)32(45-5)27(14-19)44-4/h6-16,39H,1-5H3,(H,40,41). The molecule has 0 fully saturated rings. The van der Waals surface area contributed by atoms with Gasteiger partial charge in [-0.1, -0.05) is 57.4 Å². The molecule has 0 saturated carbocycles. The van der Waals surface area contributed by atoms with Crippen molar-refractivity contribution in [3.63, 3.8) is 0 Å². The molecule has 1 amide bonds. The van der Waals surface area contributed by atoms with Crippen molar-refractivity contribution < 1.29 is 28.5 Å². The van der Waals surface area contributed by atoms with Crippen molar-refractivity contribution in [2.75, 3.05) is 21.3 Å².